The van der Waals surface area contributed by atoms with Crippen LogP contribution in [0.15, 0.2) is 78.9 Å². The van der Waals surface area contributed by atoms with Crippen LogP contribution in [0.2, 0.25) is 0 Å². The number of anilines is 1. The van der Waals surface area contributed by atoms with Crippen LogP contribution in [0.25, 0.3) is 11.1 Å². The molecule has 1 amide bonds. The number of hydrogen-bond donors (Lipinski definition) is 2. The Morgan fingerprint density at radius 2 is 1.60 bits per heavy atom. The van der Waals surface area contributed by atoms with E-state index >= 15 is 0 Å². The Bertz CT molecular complexity index is 1680. The zero-order valence-corrected chi connectivity index (χ0v) is 27.1. The summed E-state index contributed by atoms with van der Waals surface area (Å²) in [6, 6.07) is 23.6. The number of hydrogen-bond acceptors (Lipinski definition) is 8. The minimum absolute atomic E-state index is 0.0898. The van der Waals surface area contributed by atoms with Gasteiger partial charge < -0.3 is 24.8 Å². The third-order valence-corrected chi connectivity index (χ3v) is 8.38. The molecule has 1 aliphatic rings. The average molecular weight is 659 g/mol. The number of aryl methyl sites for hydroxylation is 1. The lowest BCUT2D eigenvalue weighted by Crippen LogP contribution is -2.35. The first-order valence-electron chi connectivity index (χ1n) is 16.1. The molecule has 0 aliphatic carbocycles. The molecule has 0 unspecified atom stereocenters. The molecule has 252 valence electrons. The van der Waals surface area contributed by atoms with E-state index in [1.165, 1.54) is 12.1 Å². The average Bonchev–Trinajstić information content (AvgIpc) is 3.11. The third kappa shape index (κ3) is 8.71. The van der Waals surface area contributed by atoms with Gasteiger partial charge in [-0.25, -0.2) is 9.97 Å². The second-order valence-corrected chi connectivity index (χ2v) is 11.8. The lowest BCUT2D eigenvalue weighted by atomic mass is 9.92. The lowest BCUT2D eigenvalue weighted by molar-refractivity contribution is -0.141. The van der Waals surface area contributed by atoms with Gasteiger partial charge in [0.15, 0.2) is 11.4 Å². The number of benzene rings is 3. The molecule has 0 spiro atoms. The number of aliphatic hydroxyl groups excluding tert-OH is 1. The Labute approximate surface area is 278 Å². The molecule has 0 radical (unpaired) electrons. The van der Waals surface area contributed by atoms with Gasteiger partial charge in [-0.05, 0) is 61.4 Å². The highest BCUT2D eigenvalue weighted by Gasteiger charge is 2.30. The highest BCUT2D eigenvalue weighted by Crippen LogP contribution is 2.32. The van der Waals surface area contributed by atoms with Crippen LogP contribution < -0.4 is 15.0 Å². The van der Waals surface area contributed by atoms with E-state index in [4.69, 9.17) is 19.6 Å². The lowest BCUT2D eigenvalue weighted by Gasteiger charge is -2.33. The van der Waals surface area contributed by atoms with Crippen LogP contribution in [0.5, 0.6) is 5.75 Å². The monoisotopic (exact) mass is 658 g/mol. The van der Waals surface area contributed by atoms with Gasteiger partial charge >= 0.3 is 5.97 Å². The fourth-order valence-corrected chi connectivity index (χ4v) is 5.73. The van der Waals surface area contributed by atoms with Gasteiger partial charge in [0.1, 0.15) is 25.6 Å². The van der Waals surface area contributed by atoms with Crippen molar-refractivity contribution in [3.63, 3.8) is 0 Å². The molecule has 1 aromatic heterocycles. The minimum atomic E-state index is -3.26. The standard InChI is InChI=1S/C37H40F2N4O5/c1-3-47-33(45)22-40-36(46)34-35(48-23-27-7-5-4-6-8-27)25(2)41-32(42-34)21-26-17-19-43(20-18-26)31-15-11-29(12-16-31)28-9-13-30(14-10-28)37(38,39)24-44/h4-16,26,44H,3,17-24H2,1-2H3,(H,40,46). The molecular formula is C37H40F2N4O5. The summed E-state index contributed by atoms with van der Waals surface area (Å²) < 4.78 is 38.5. The van der Waals surface area contributed by atoms with Crippen molar-refractivity contribution in [2.24, 2.45) is 5.92 Å². The summed E-state index contributed by atoms with van der Waals surface area (Å²) >= 11 is 0. The van der Waals surface area contributed by atoms with E-state index in [2.05, 4.69) is 15.2 Å². The van der Waals surface area contributed by atoms with E-state index in [9.17, 15) is 18.4 Å². The van der Waals surface area contributed by atoms with Crippen LogP contribution in [0.4, 0.5) is 14.5 Å². The zero-order valence-electron chi connectivity index (χ0n) is 27.1. The van der Waals surface area contributed by atoms with Crippen molar-refractivity contribution >= 4 is 17.6 Å². The van der Waals surface area contributed by atoms with Crippen LogP contribution in [-0.4, -0.2) is 59.8 Å². The van der Waals surface area contributed by atoms with E-state index in [0.717, 1.165) is 48.3 Å². The minimum Gasteiger partial charge on any atom is -0.485 e. The second kappa shape index (κ2) is 15.8. The van der Waals surface area contributed by atoms with Gasteiger partial charge in [0.05, 0.1) is 12.3 Å². The summed E-state index contributed by atoms with van der Waals surface area (Å²) in [5.74, 6) is -3.20. The van der Waals surface area contributed by atoms with Gasteiger partial charge in [-0.2, -0.15) is 8.78 Å². The maximum atomic E-state index is 13.8. The molecule has 0 saturated carbocycles. The van der Waals surface area contributed by atoms with E-state index in [-0.39, 0.29) is 36.8 Å². The number of nitrogens with zero attached hydrogens (tertiary/aromatic N) is 3. The molecule has 11 heteroatoms. The van der Waals surface area contributed by atoms with E-state index in [0.29, 0.717) is 23.9 Å². The predicted molar refractivity (Wildman–Crippen MR) is 178 cm³/mol. The van der Waals surface area contributed by atoms with Crippen molar-refractivity contribution in [2.75, 3.05) is 37.7 Å². The van der Waals surface area contributed by atoms with Crippen LogP contribution >= 0.6 is 0 Å². The summed E-state index contributed by atoms with van der Waals surface area (Å²) in [4.78, 5) is 36.8. The molecule has 4 aromatic rings. The molecule has 0 atom stereocenters. The summed E-state index contributed by atoms with van der Waals surface area (Å²) in [7, 11) is 0. The summed E-state index contributed by atoms with van der Waals surface area (Å²) in [6.07, 6.45) is 2.40. The van der Waals surface area contributed by atoms with E-state index < -0.39 is 24.4 Å². The number of nitrogens with one attached hydrogen (secondary N) is 1. The van der Waals surface area contributed by atoms with Gasteiger partial charge in [-0.3, -0.25) is 9.59 Å². The highest BCUT2D eigenvalue weighted by molar-refractivity contribution is 5.96. The van der Waals surface area contributed by atoms with Crippen molar-refractivity contribution in [3.05, 3.63) is 107 Å². The van der Waals surface area contributed by atoms with E-state index in [1.807, 2.05) is 54.6 Å². The quantitative estimate of drug-likeness (QED) is 0.172. The number of carbonyl (C=O) groups is 2. The van der Waals surface area contributed by atoms with Crippen molar-refractivity contribution in [3.8, 4) is 16.9 Å². The summed E-state index contributed by atoms with van der Waals surface area (Å²) in [5, 5.41) is 11.5. The number of piperidine rings is 1. The Balaban J connectivity index is 1.22. The topological polar surface area (TPSA) is 114 Å². The SMILES string of the molecule is CCOC(=O)CNC(=O)c1nc(CC2CCN(c3ccc(-c4ccc(C(F)(F)CO)cc4)cc3)CC2)nc(C)c1OCc1ccccc1. The van der Waals surface area contributed by atoms with Crippen LogP contribution in [-0.2, 0) is 28.5 Å². The molecule has 5 rings (SSSR count). The Hall–Kier alpha value is -4.90. The predicted octanol–water partition coefficient (Wildman–Crippen LogP) is 5.87. The maximum absolute atomic E-state index is 13.8. The largest absolute Gasteiger partial charge is 0.485 e. The molecule has 48 heavy (non-hydrogen) atoms. The number of alkyl halides is 2. The van der Waals surface area contributed by atoms with Gasteiger partial charge in [-0.15, -0.1) is 0 Å². The molecule has 0 bridgehead atoms. The molecule has 2 heterocycles. The number of amides is 1. The fourth-order valence-electron chi connectivity index (χ4n) is 5.73. The van der Waals surface area contributed by atoms with Gasteiger partial charge in [0, 0.05) is 30.8 Å². The van der Waals surface area contributed by atoms with Crippen molar-refractivity contribution in [1.82, 2.24) is 15.3 Å². The number of rotatable bonds is 13. The Morgan fingerprint density at radius 3 is 2.23 bits per heavy atom. The molecule has 2 N–H and O–H groups in total. The first-order chi connectivity index (χ1) is 23.2. The number of ether oxygens (including phenoxy) is 2. The normalized spacial score (nSPS) is 13.6. The third-order valence-electron chi connectivity index (χ3n) is 8.38. The van der Waals surface area contributed by atoms with Crippen LogP contribution in [0.3, 0.4) is 0 Å². The van der Waals surface area contributed by atoms with Crippen molar-refractivity contribution in [2.45, 2.75) is 45.6 Å². The number of aliphatic hydroxyl groups is 1. The van der Waals surface area contributed by atoms with Crippen LogP contribution in [0.1, 0.15) is 52.9 Å². The summed E-state index contributed by atoms with van der Waals surface area (Å²) in [5.41, 5.74) is 4.17. The highest BCUT2D eigenvalue weighted by atomic mass is 19.3. The zero-order chi connectivity index (χ0) is 34.1. The first-order valence-corrected chi connectivity index (χ1v) is 16.1. The molecule has 1 aliphatic heterocycles. The molecule has 1 saturated heterocycles. The second-order valence-electron chi connectivity index (χ2n) is 11.8. The number of carbonyl (C=O) groups excluding carboxylic acids is 2. The number of esters is 1. The Kier molecular flexibility index (Phi) is 11.3. The molecule has 9 nitrogen and oxygen atoms in total. The first kappa shape index (κ1) is 34.4. The molecule has 1 fully saturated rings. The molecular weight excluding hydrogens is 618 g/mol. The Morgan fingerprint density at radius 1 is 0.958 bits per heavy atom. The maximum Gasteiger partial charge on any atom is 0.325 e. The van der Waals surface area contributed by atoms with Gasteiger partial charge in [0.2, 0.25) is 0 Å². The van der Waals surface area contributed by atoms with Crippen molar-refractivity contribution < 1.29 is 33.0 Å². The fraction of sp³-hybridized carbons (Fsp3) is 0.351. The number of halogens is 2. The van der Waals surface area contributed by atoms with Crippen molar-refractivity contribution in [1.29, 1.82) is 0 Å². The van der Waals surface area contributed by atoms with Crippen LogP contribution in [0, 0.1) is 12.8 Å². The van der Waals surface area contributed by atoms with Gasteiger partial charge in [-0.1, -0.05) is 66.7 Å². The summed E-state index contributed by atoms with van der Waals surface area (Å²) in [6.45, 7) is 4.10. The smallest absolute Gasteiger partial charge is 0.325 e. The van der Waals surface area contributed by atoms with E-state index in [1.54, 1.807) is 26.0 Å². The molecule has 3 aromatic carbocycles. The number of aromatic nitrogens is 2. The van der Waals surface area contributed by atoms with Gasteiger partial charge in [0.25, 0.3) is 11.8 Å².